The Kier molecular flexibility index (Phi) is 5.53. The molecule has 2 rings (SSSR count). The number of nitrogens with zero attached hydrogens (tertiary/aromatic N) is 1. The summed E-state index contributed by atoms with van der Waals surface area (Å²) in [6.07, 6.45) is 8.01. The maximum Gasteiger partial charge on any atom is 0.0415 e. The SMILES string of the molecule is C[C@H](N)c1cc(Cl)ccc1N1CCCCCCCC1. The van der Waals surface area contributed by atoms with Crippen LogP contribution in [0, 0.1) is 0 Å². The van der Waals surface area contributed by atoms with Crippen molar-refractivity contribution >= 4 is 17.3 Å². The van der Waals surface area contributed by atoms with Crippen molar-refractivity contribution in [2.45, 2.75) is 51.5 Å². The van der Waals surface area contributed by atoms with E-state index < -0.39 is 0 Å². The number of nitrogens with two attached hydrogens (primary N) is 1. The van der Waals surface area contributed by atoms with Crippen LogP contribution in [-0.4, -0.2) is 13.1 Å². The van der Waals surface area contributed by atoms with Gasteiger partial charge in [0.25, 0.3) is 0 Å². The molecule has 0 amide bonds. The van der Waals surface area contributed by atoms with Crippen molar-refractivity contribution < 1.29 is 0 Å². The minimum atomic E-state index is 0.0290. The smallest absolute Gasteiger partial charge is 0.0415 e. The number of halogens is 1. The lowest BCUT2D eigenvalue weighted by Crippen LogP contribution is -2.27. The molecule has 3 heteroatoms. The predicted molar refractivity (Wildman–Crippen MR) is 84.0 cm³/mol. The zero-order valence-corrected chi connectivity index (χ0v) is 12.6. The molecule has 19 heavy (non-hydrogen) atoms. The summed E-state index contributed by atoms with van der Waals surface area (Å²) >= 11 is 6.11. The largest absolute Gasteiger partial charge is 0.371 e. The van der Waals surface area contributed by atoms with Gasteiger partial charge in [0.2, 0.25) is 0 Å². The highest BCUT2D eigenvalue weighted by molar-refractivity contribution is 6.30. The van der Waals surface area contributed by atoms with Crippen molar-refractivity contribution in [2.75, 3.05) is 18.0 Å². The van der Waals surface area contributed by atoms with Gasteiger partial charge in [0.1, 0.15) is 0 Å². The molecular formula is C16H25ClN2. The van der Waals surface area contributed by atoms with Gasteiger partial charge in [-0.2, -0.15) is 0 Å². The summed E-state index contributed by atoms with van der Waals surface area (Å²) in [6.45, 7) is 4.31. The van der Waals surface area contributed by atoms with Crippen LogP contribution >= 0.6 is 11.6 Å². The molecule has 1 heterocycles. The van der Waals surface area contributed by atoms with Gasteiger partial charge in [-0.15, -0.1) is 0 Å². The van der Waals surface area contributed by atoms with Crippen molar-refractivity contribution in [3.05, 3.63) is 28.8 Å². The molecule has 106 valence electrons. The van der Waals surface area contributed by atoms with Crippen LogP contribution in [-0.2, 0) is 0 Å². The van der Waals surface area contributed by atoms with Crippen LogP contribution in [0.15, 0.2) is 18.2 Å². The molecule has 1 fully saturated rings. The Morgan fingerprint density at radius 1 is 1.05 bits per heavy atom. The van der Waals surface area contributed by atoms with Gasteiger partial charge < -0.3 is 10.6 Å². The lowest BCUT2D eigenvalue weighted by Gasteiger charge is -2.28. The van der Waals surface area contributed by atoms with Gasteiger partial charge in [0.05, 0.1) is 0 Å². The van der Waals surface area contributed by atoms with Crippen LogP contribution in [0.5, 0.6) is 0 Å². The molecule has 2 nitrogen and oxygen atoms in total. The van der Waals surface area contributed by atoms with Crippen molar-refractivity contribution in [2.24, 2.45) is 5.73 Å². The first-order valence-electron chi connectivity index (χ1n) is 7.48. The van der Waals surface area contributed by atoms with Crippen LogP contribution in [0.3, 0.4) is 0 Å². The molecule has 0 unspecified atom stereocenters. The molecule has 1 aliphatic rings. The topological polar surface area (TPSA) is 29.3 Å². The van der Waals surface area contributed by atoms with E-state index in [2.05, 4.69) is 11.0 Å². The van der Waals surface area contributed by atoms with E-state index in [1.54, 1.807) is 0 Å². The van der Waals surface area contributed by atoms with Crippen LogP contribution in [0.1, 0.15) is 57.1 Å². The Morgan fingerprint density at radius 3 is 2.21 bits per heavy atom. The first-order valence-corrected chi connectivity index (χ1v) is 7.86. The lowest BCUT2D eigenvalue weighted by molar-refractivity contribution is 0.636. The maximum atomic E-state index is 6.11. The summed E-state index contributed by atoms with van der Waals surface area (Å²) in [5.74, 6) is 0. The molecular weight excluding hydrogens is 256 g/mol. The zero-order valence-electron chi connectivity index (χ0n) is 11.9. The summed E-state index contributed by atoms with van der Waals surface area (Å²) < 4.78 is 0. The minimum Gasteiger partial charge on any atom is -0.371 e. The maximum absolute atomic E-state index is 6.11. The summed E-state index contributed by atoms with van der Waals surface area (Å²) in [7, 11) is 0. The number of anilines is 1. The first kappa shape index (κ1) is 14.7. The van der Waals surface area contributed by atoms with E-state index in [1.807, 2.05) is 19.1 Å². The highest BCUT2D eigenvalue weighted by Crippen LogP contribution is 2.29. The van der Waals surface area contributed by atoms with Gasteiger partial charge in [-0.05, 0) is 43.5 Å². The zero-order chi connectivity index (χ0) is 13.7. The summed E-state index contributed by atoms with van der Waals surface area (Å²) in [4.78, 5) is 2.50. The average Bonchev–Trinajstić information content (AvgIpc) is 2.52. The van der Waals surface area contributed by atoms with Crippen molar-refractivity contribution in [1.82, 2.24) is 0 Å². The van der Waals surface area contributed by atoms with Crippen molar-refractivity contribution in [1.29, 1.82) is 0 Å². The molecule has 1 aromatic rings. The van der Waals surface area contributed by atoms with E-state index in [0.717, 1.165) is 18.1 Å². The molecule has 0 spiro atoms. The second kappa shape index (κ2) is 7.16. The molecule has 0 bridgehead atoms. The lowest BCUT2D eigenvalue weighted by atomic mass is 10.1. The standard InChI is InChI=1S/C16H25ClN2/c1-13(18)15-12-14(17)8-9-16(15)19-10-6-4-2-3-5-7-11-19/h8-9,12-13H,2-7,10-11,18H2,1H3/t13-/m0/s1. The van der Waals surface area contributed by atoms with Crippen LogP contribution in [0.2, 0.25) is 5.02 Å². The van der Waals surface area contributed by atoms with Gasteiger partial charge in [0, 0.05) is 29.8 Å². The predicted octanol–water partition coefficient (Wildman–Crippen LogP) is 4.52. The Morgan fingerprint density at radius 2 is 1.63 bits per heavy atom. The second-order valence-electron chi connectivity index (χ2n) is 5.60. The summed E-state index contributed by atoms with van der Waals surface area (Å²) in [5, 5.41) is 0.778. The molecule has 1 saturated heterocycles. The Bertz CT molecular complexity index is 394. The first-order chi connectivity index (χ1) is 9.18. The Hall–Kier alpha value is -0.730. The van der Waals surface area contributed by atoms with Crippen LogP contribution in [0.25, 0.3) is 0 Å². The molecule has 0 aliphatic carbocycles. The summed E-state index contributed by atoms with van der Waals surface area (Å²) in [6, 6.07) is 6.17. The quantitative estimate of drug-likeness (QED) is 0.863. The van der Waals surface area contributed by atoms with Crippen molar-refractivity contribution in [3.63, 3.8) is 0 Å². The van der Waals surface area contributed by atoms with Gasteiger partial charge in [-0.1, -0.05) is 37.3 Å². The highest BCUT2D eigenvalue weighted by atomic mass is 35.5. The number of benzene rings is 1. The third kappa shape index (κ3) is 4.12. The van der Waals surface area contributed by atoms with Gasteiger partial charge in [0.15, 0.2) is 0 Å². The Labute approximate surface area is 121 Å². The average molecular weight is 281 g/mol. The fraction of sp³-hybridized carbons (Fsp3) is 0.625. The third-order valence-corrected chi connectivity index (χ3v) is 4.16. The van der Waals surface area contributed by atoms with E-state index in [9.17, 15) is 0 Å². The van der Waals surface area contributed by atoms with Gasteiger partial charge >= 0.3 is 0 Å². The fourth-order valence-corrected chi connectivity index (χ4v) is 3.02. The van der Waals surface area contributed by atoms with Crippen LogP contribution < -0.4 is 10.6 Å². The fourth-order valence-electron chi connectivity index (χ4n) is 2.84. The molecule has 0 aromatic heterocycles. The van der Waals surface area contributed by atoms with Crippen LogP contribution in [0.4, 0.5) is 5.69 Å². The molecule has 1 aliphatic heterocycles. The third-order valence-electron chi connectivity index (χ3n) is 3.93. The monoisotopic (exact) mass is 280 g/mol. The van der Waals surface area contributed by atoms with E-state index >= 15 is 0 Å². The Balaban J connectivity index is 2.22. The molecule has 0 radical (unpaired) electrons. The molecule has 1 aromatic carbocycles. The van der Waals surface area contributed by atoms with E-state index in [4.69, 9.17) is 17.3 Å². The highest BCUT2D eigenvalue weighted by Gasteiger charge is 2.15. The normalized spacial score (nSPS) is 19.4. The molecule has 2 N–H and O–H groups in total. The van der Waals surface area contributed by atoms with Crippen molar-refractivity contribution in [3.8, 4) is 0 Å². The number of rotatable bonds is 2. The van der Waals surface area contributed by atoms with E-state index in [0.29, 0.717) is 0 Å². The minimum absolute atomic E-state index is 0.0290. The van der Waals surface area contributed by atoms with E-state index in [1.165, 1.54) is 49.8 Å². The number of hydrogen-bond acceptors (Lipinski definition) is 2. The number of hydrogen-bond donors (Lipinski definition) is 1. The summed E-state index contributed by atoms with van der Waals surface area (Å²) in [5.41, 5.74) is 8.56. The molecule has 0 saturated carbocycles. The second-order valence-corrected chi connectivity index (χ2v) is 6.04. The van der Waals surface area contributed by atoms with Gasteiger partial charge in [-0.25, -0.2) is 0 Å². The van der Waals surface area contributed by atoms with Gasteiger partial charge in [-0.3, -0.25) is 0 Å². The van der Waals surface area contributed by atoms with E-state index in [-0.39, 0.29) is 6.04 Å². The molecule has 1 atom stereocenters.